The largest absolute Gasteiger partial charge is 0.338 e. The Labute approximate surface area is 98.6 Å². The Balaban J connectivity index is 1.92. The lowest BCUT2D eigenvalue weighted by atomic mass is 9.80. The standard InChI is InChI=1S/C13H24N2O/c1-9(2)14-12-5-4-6-15(13(12)16)11-7-10(3)8-11/h9-12,14H,4-8H2,1-3H3. The summed E-state index contributed by atoms with van der Waals surface area (Å²) in [4.78, 5) is 14.4. The second-order valence-electron chi connectivity index (χ2n) is 5.78. The van der Waals surface area contributed by atoms with E-state index in [0.717, 1.165) is 25.3 Å². The monoisotopic (exact) mass is 224 g/mol. The van der Waals surface area contributed by atoms with Gasteiger partial charge in [0.1, 0.15) is 0 Å². The Kier molecular flexibility index (Phi) is 3.53. The van der Waals surface area contributed by atoms with Crippen LogP contribution in [0.5, 0.6) is 0 Å². The number of carbonyl (C=O) groups is 1. The summed E-state index contributed by atoms with van der Waals surface area (Å²) >= 11 is 0. The summed E-state index contributed by atoms with van der Waals surface area (Å²) in [6.45, 7) is 7.47. The molecule has 3 heteroatoms. The maximum atomic E-state index is 12.3. The van der Waals surface area contributed by atoms with Crippen LogP contribution in [-0.4, -0.2) is 35.5 Å². The molecule has 3 nitrogen and oxygen atoms in total. The Hall–Kier alpha value is -0.570. The predicted octanol–water partition coefficient (Wildman–Crippen LogP) is 1.77. The molecule has 0 aromatic carbocycles. The highest BCUT2D eigenvalue weighted by Crippen LogP contribution is 2.33. The van der Waals surface area contributed by atoms with Gasteiger partial charge in [0.15, 0.2) is 0 Å². The van der Waals surface area contributed by atoms with E-state index in [0.29, 0.717) is 18.0 Å². The predicted molar refractivity (Wildman–Crippen MR) is 65.2 cm³/mol. The van der Waals surface area contributed by atoms with Gasteiger partial charge in [-0.2, -0.15) is 0 Å². The van der Waals surface area contributed by atoms with Crippen molar-refractivity contribution in [3.05, 3.63) is 0 Å². The molecule has 0 bridgehead atoms. The molecule has 0 aromatic heterocycles. The van der Waals surface area contributed by atoms with Gasteiger partial charge in [0, 0.05) is 18.6 Å². The number of likely N-dealkylation sites (tertiary alicyclic amines) is 1. The fraction of sp³-hybridized carbons (Fsp3) is 0.923. The zero-order valence-electron chi connectivity index (χ0n) is 10.7. The quantitative estimate of drug-likeness (QED) is 0.792. The zero-order chi connectivity index (χ0) is 11.7. The number of hydrogen-bond acceptors (Lipinski definition) is 2. The minimum atomic E-state index is 0.0738. The van der Waals surface area contributed by atoms with Crippen molar-refractivity contribution in [1.82, 2.24) is 10.2 Å². The maximum Gasteiger partial charge on any atom is 0.239 e. The van der Waals surface area contributed by atoms with Crippen LogP contribution >= 0.6 is 0 Å². The van der Waals surface area contributed by atoms with Crippen LogP contribution in [-0.2, 0) is 4.79 Å². The molecule has 1 heterocycles. The molecule has 1 aliphatic heterocycles. The maximum absolute atomic E-state index is 12.3. The molecule has 1 saturated carbocycles. The molecule has 1 saturated heterocycles. The van der Waals surface area contributed by atoms with Crippen LogP contribution in [0.15, 0.2) is 0 Å². The van der Waals surface area contributed by atoms with Crippen molar-refractivity contribution in [1.29, 1.82) is 0 Å². The molecule has 1 atom stereocenters. The lowest BCUT2D eigenvalue weighted by Crippen LogP contribution is -2.57. The van der Waals surface area contributed by atoms with E-state index >= 15 is 0 Å². The van der Waals surface area contributed by atoms with Gasteiger partial charge in [0.05, 0.1) is 6.04 Å². The molecular formula is C13H24N2O. The molecule has 0 aromatic rings. The first-order valence-corrected chi connectivity index (χ1v) is 6.64. The molecule has 92 valence electrons. The lowest BCUT2D eigenvalue weighted by molar-refractivity contribution is -0.141. The number of nitrogens with zero attached hydrogens (tertiary/aromatic N) is 1. The third-order valence-electron chi connectivity index (χ3n) is 3.80. The van der Waals surface area contributed by atoms with E-state index in [1.807, 2.05) is 0 Å². The first-order chi connectivity index (χ1) is 7.58. The molecule has 2 aliphatic rings. The Morgan fingerprint density at radius 3 is 2.62 bits per heavy atom. The van der Waals surface area contributed by atoms with E-state index in [1.165, 1.54) is 12.8 Å². The smallest absolute Gasteiger partial charge is 0.239 e. The van der Waals surface area contributed by atoms with E-state index in [-0.39, 0.29) is 6.04 Å². The summed E-state index contributed by atoms with van der Waals surface area (Å²) in [7, 11) is 0. The summed E-state index contributed by atoms with van der Waals surface area (Å²) in [5, 5.41) is 3.38. The van der Waals surface area contributed by atoms with Crippen LogP contribution in [0.1, 0.15) is 46.5 Å². The van der Waals surface area contributed by atoms with Crippen molar-refractivity contribution in [3.8, 4) is 0 Å². The van der Waals surface area contributed by atoms with Crippen molar-refractivity contribution in [2.45, 2.75) is 64.6 Å². The van der Waals surface area contributed by atoms with Gasteiger partial charge in [0.2, 0.25) is 5.91 Å². The molecule has 0 spiro atoms. The molecule has 1 amide bonds. The van der Waals surface area contributed by atoms with Gasteiger partial charge < -0.3 is 10.2 Å². The van der Waals surface area contributed by atoms with Gasteiger partial charge in [-0.15, -0.1) is 0 Å². The van der Waals surface area contributed by atoms with Crippen LogP contribution in [0, 0.1) is 5.92 Å². The first-order valence-electron chi connectivity index (χ1n) is 6.64. The molecule has 2 rings (SSSR count). The fourth-order valence-corrected chi connectivity index (χ4v) is 2.93. The van der Waals surface area contributed by atoms with E-state index in [4.69, 9.17) is 0 Å². The third kappa shape index (κ3) is 2.40. The number of nitrogens with one attached hydrogen (secondary N) is 1. The average Bonchev–Trinajstić information content (AvgIpc) is 2.16. The molecule has 2 fully saturated rings. The van der Waals surface area contributed by atoms with E-state index in [9.17, 15) is 4.79 Å². The summed E-state index contributed by atoms with van der Waals surface area (Å²) in [6, 6.07) is 1.01. The van der Waals surface area contributed by atoms with Crippen LogP contribution in [0.3, 0.4) is 0 Å². The van der Waals surface area contributed by atoms with E-state index in [1.54, 1.807) is 0 Å². The van der Waals surface area contributed by atoms with Crippen LogP contribution in [0.2, 0.25) is 0 Å². The summed E-state index contributed by atoms with van der Waals surface area (Å²) in [5.74, 6) is 1.16. The van der Waals surface area contributed by atoms with Crippen molar-refractivity contribution in [2.24, 2.45) is 5.92 Å². The lowest BCUT2D eigenvalue weighted by Gasteiger charge is -2.45. The fourth-order valence-electron chi connectivity index (χ4n) is 2.93. The average molecular weight is 224 g/mol. The van der Waals surface area contributed by atoms with E-state index < -0.39 is 0 Å². The number of carbonyl (C=O) groups excluding carboxylic acids is 1. The Morgan fingerprint density at radius 2 is 2.06 bits per heavy atom. The first kappa shape index (κ1) is 11.9. The van der Waals surface area contributed by atoms with E-state index in [2.05, 4.69) is 31.0 Å². The van der Waals surface area contributed by atoms with Crippen molar-refractivity contribution >= 4 is 5.91 Å². The normalized spacial score (nSPS) is 35.4. The van der Waals surface area contributed by atoms with Gasteiger partial charge in [0.25, 0.3) is 0 Å². The van der Waals surface area contributed by atoms with Gasteiger partial charge in [-0.25, -0.2) is 0 Å². The molecular weight excluding hydrogens is 200 g/mol. The highest BCUT2D eigenvalue weighted by molar-refractivity contribution is 5.83. The van der Waals surface area contributed by atoms with Gasteiger partial charge in [-0.3, -0.25) is 4.79 Å². The summed E-state index contributed by atoms with van der Waals surface area (Å²) in [5.41, 5.74) is 0. The minimum absolute atomic E-state index is 0.0738. The third-order valence-corrected chi connectivity index (χ3v) is 3.80. The number of rotatable bonds is 3. The molecule has 0 radical (unpaired) electrons. The molecule has 1 unspecified atom stereocenters. The minimum Gasteiger partial charge on any atom is -0.338 e. The van der Waals surface area contributed by atoms with Crippen molar-refractivity contribution in [3.63, 3.8) is 0 Å². The topological polar surface area (TPSA) is 32.3 Å². The van der Waals surface area contributed by atoms with Crippen molar-refractivity contribution in [2.75, 3.05) is 6.54 Å². The molecule has 1 N–H and O–H groups in total. The Morgan fingerprint density at radius 1 is 1.38 bits per heavy atom. The van der Waals surface area contributed by atoms with Gasteiger partial charge >= 0.3 is 0 Å². The SMILES string of the molecule is CC1CC(N2CCCC(NC(C)C)C2=O)C1. The van der Waals surface area contributed by atoms with Gasteiger partial charge in [-0.1, -0.05) is 20.8 Å². The summed E-state index contributed by atoms with van der Waals surface area (Å²) < 4.78 is 0. The summed E-state index contributed by atoms with van der Waals surface area (Å²) in [6.07, 6.45) is 4.58. The van der Waals surface area contributed by atoms with Crippen LogP contribution in [0.4, 0.5) is 0 Å². The highest BCUT2D eigenvalue weighted by Gasteiger charge is 2.38. The number of hydrogen-bond donors (Lipinski definition) is 1. The second kappa shape index (κ2) is 4.74. The molecule has 1 aliphatic carbocycles. The van der Waals surface area contributed by atoms with Gasteiger partial charge in [-0.05, 0) is 31.6 Å². The highest BCUT2D eigenvalue weighted by atomic mass is 16.2. The Bertz CT molecular complexity index is 259. The zero-order valence-corrected chi connectivity index (χ0v) is 10.7. The van der Waals surface area contributed by atoms with Crippen molar-refractivity contribution < 1.29 is 4.79 Å². The van der Waals surface area contributed by atoms with Crippen LogP contribution in [0.25, 0.3) is 0 Å². The number of piperidine rings is 1. The second-order valence-corrected chi connectivity index (χ2v) is 5.78. The molecule has 16 heavy (non-hydrogen) atoms. The number of amides is 1. The van der Waals surface area contributed by atoms with Crippen LogP contribution < -0.4 is 5.32 Å².